The number of nitrogens with zero attached hydrogens (tertiary/aromatic N) is 1. The Kier molecular flexibility index (Phi) is 4.19. The van der Waals surface area contributed by atoms with Gasteiger partial charge in [-0.3, -0.25) is 4.79 Å². The van der Waals surface area contributed by atoms with Crippen LogP contribution in [0.1, 0.15) is 24.6 Å². The molecular formula is C10H13F2N3O2. The molecule has 0 aliphatic heterocycles. The maximum Gasteiger partial charge on any atom is 0.311 e. The average molecular weight is 245 g/mol. The summed E-state index contributed by atoms with van der Waals surface area (Å²) in [4.78, 5) is 14.9. The van der Waals surface area contributed by atoms with E-state index in [0.717, 1.165) is 6.07 Å². The quantitative estimate of drug-likeness (QED) is 0.780. The number of nitrogen functional groups attached to an aromatic ring is 2. The number of pyridine rings is 1. The van der Waals surface area contributed by atoms with E-state index in [1.165, 1.54) is 0 Å². The molecule has 0 radical (unpaired) electrons. The van der Waals surface area contributed by atoms with Gasteiger partial charge in [-0.05, 0) is 6.92 Å². The van der Waals surface area contributed by atoms with Crippen molar-refractivity contribution in [2.75, 3.05) is 18.1 Å². The summed E-state index contributed by atoms with van der Waals surface area (Å²) in [6.07, 6.45) is -3.18. The van der Waals surface area contributed by atoms with Gasteiger partial charge >= 0.3 is 5.97 Å². The maximum atomic E-state index is 12.7. The lowest BCUT2D eigenvalue weighted by molar-refractivity contribution is -0.142. The Morgan fingerprint density at radius 3 is 2.71 bits per heavy atom. The Balaban J connectivity index is 3.08. The number of esters is 1. The van der Waals surface area contributed by atoms with E-state index < -0.39 is 18.0 Å². The van der Waals surface area contributed by atoms with Crippen LogP contribution in [0.3, 0.4) is 0 Å². The Bertz CT molecular complexity index is 424. The summed E-state index contributed by atoms with van der Waals surface area (Å²) < 4.78 is 30.1. The van der Waals surface area contributed by atoms with Crippen molar-refractivity contribution in [3.63, 3.8) is 0 Å². The fourth-order valence-corrected chi connectivity index (χ4v) is 1.39. The van der Waals surface area contributed by atoms with Gasteiger partial charge in [-0.2, -0.15) is 0 Å². The Morgan fingerprint density at radius 2 is 2.18 bits per heavy atom. The van der Waals surface area contributed by atoms with E-state index in [2.05, 4.69) is 9.72 Å². The number of carbonyl (C=O) groups excluding carboxylic acids is 1. The molecule has 0 spiro atoms. The molecule has 17 heavy (non-hydrogen) atoms. The number of halogens is 2. The van der Waals surface area contributed by atoms with Crippen LogP contribution in [-0.4, -0.2) is 17.6 Å². The van der Waals surface area contributed by atoms with Crippen molar-refractivity contribution in [1.82, 2.24) is 4.98 Å². The normalized spacial score (nSPS) is 10.6. The van der Waals surface area contributed by atoms with Crippen LogP contribution in [-0.2, 0) is 16.0 Å². The van der Waals surface area contributed by atoms with Crippen molar-refractivity contribution in [3.05, 3.63) is 17.3 Å². The molecular weight excluding hydrogens is 232 g/mol. The standard InChI is InChI=1S/C10H13F2N3O2/c1-2-17-8(16)4-6-9(10(11)12)5(13)3-7(14)15-6/h3,10H,2,4H2,1H3,(H4,13,14,15). The molecule has 5 nitrogen and oxygen atoms in total. The molecule has 1 heterocycles. The molecule has 7 heteroatoms. The monoisotopic (exact) mass is 245 g/mol. The van der Waals surface area contributed by atoms with E-state index in [-0.39, 0.29) is 30.2 Å². The zero-order valence-electron chi connectivity index (χ0n) is 9.24. The number of hydrogen-bond acceptors (Lipinski definition) is 5. The van der Waals surface area contributed by atoms with Gasteiger partial charge in [0, 0.05) is 11.8 Å². The van der Waals surface area contributed by atoms with Gasteiger partial charge in [0.1, 0.15) is 5.82 Å². The van der Waals surface area contributed by atoms with Crippen LogP contribution >= 0.6 is 0 Å². The first-order chi connectivity index (χ1) is 7.95. The first kappa shape index (κ1) is 13.1. The highest BCUT2D eigenvalue weighted by molar-refractivity contribution is 5.73. The van der Waals surface area contributed by atoms with Gasteiger partial charge in [0.2, 0.25) is 0 Å². The highest BCUT2D eigenvalue weighted by Gasteiger charge is 2.21. The molecule has 0 fully saturated rings. The van der Waals surface area contributed by atoms with Crippen LogP contribution in [0.5, 0.6) is 0 Å². The van der Waals surface area contributed by atoms with E-state index in [9.17, 15) is 13.6 Å². The smallest absolute Gasteiger partial charge is 0.311 e. The summed E-state index contributed by atoms with van der Waals surface area (Å²) in [7, 11) is 0. The van der Waals surface area contributed by atoms with E-state index in [0.29, 0.717) is 0 Å². The Morgan fingerprint density at radius 1 is 1.53 bits per heavy atom. The van der Waals surface area contributed by atoms with Crippen molar-refractivity contribution in [2.24, 2.45) is 0 Å². The molecule has 94 valence electrons. The number of hydrogen-bond donors (Lipinski definition) is 2. The number of alkyl halides is 2. The molecule has 0 unspecified atom stereocenters. The number of aromatic nitrogens is 1. The van der Waals surface area contributed by atoms with Crippen molar-refractivity contribution >= 4 is 17.5 Å². The zero-order chi connectivity index (χ0) is 13.0. The number of ether oxygens (including phenoxy) is 1. The van der Waals surface area contributed by atoms with Gasteiger partial charge in [0.05, 0.1) is 24.3 Å². The van der Waals surface area contributed by atoms with Crippen LogP contribution in [0.2, 0.25) is 0 Å². The van der Waals surface area contributed by atoms with Gasteiger partial charge < -0.3 is 16.2 Å². The number of nitrogens with two attached hydrogens (primary N) is 2. The summed E-state index contributed by atoms with van der Waals surface area (Å²) >= 11 is 0. The van der Waals surface area contributed by atoms with Gasteiger partial charge in [0.15, 0.2) is 0 Å². The second-order valence-electron chi connectivity index (χ2n) is 3.28. The second-order valence-corrected chi connectivity index (χ2v) is 3.28. The minimum absolute atomic E-state index is 0.00815. The van der Waals surface area contributed by atoms with Gasteiger partial charge in [-0.15, -0.1) is 0 Å². The number of carbonyl (C=O) groups is 1. The Labute approximate surface area is 96.8 Å². The van der Waals surface area contributed by atoms with Crippen LogP contribution < -0.4 is 11.5 Å². The van der Waals surface area contributed by atoms with Crippen LogP contribution in [0, 0.1) is 0 Å². The van der Waals surface area contributed by atoms with Gasteiger partial charge in [-0.25, -0.2) is 13.8 Å². The van der Waals surface area contributed by atoms with Crippen molar-refractivity contribution in [2.45, 2.75) is 19.8 Å². The predicted octanol–water partition coefficient (Wildman–Crippen LogP) is 1.29. The number of anilines is 2. The highest BCUT2D eigenvalue weighted by atomic mass is 19.3. The topological polar surface area (TPSA) is 91.2 Å². The summed E-state index contributed by atoms with van der Waals surface area (Å²) in [5, 5.41) is 0. The molecule has 0 aliphatic rings. The third-order valence-corrected chi connectivity index (χ3v) is 2.02. The molecule has 1 aromatic rings. The zero-order valence-corrected chi connectivity index (χ0v) is 9.24. The molecule has 1 rings (SSSR count). The molecule has 0 aliphatic carbocycles. The van der Waals surface area contributed by atoms with Gasteiger partial charge in [0.25, 0.3) is 6.43 Å². The molecule has 0 aromatic carbocycles. The maximum absolute atomic E-state index is 12.7. The third kappa shape index (κ3) is 3.27. The second kappa shape index (κ2) is 5.42. The van der Waals surface area contributed by atoms with E-state index >= 15 is 0 Å². The molecule has 0 saturated heterocycles. The molecule has 0 amide bonds. The minimum atomic E-state index is -2.81. The molecule has 0 saturated carbocycles. The molecule has 0 atom stereocenters. The fourth-order valence-electron chi connectivity index (χ4n) is 1.39. The average Bonchev–Trinajstić information content (AvgIpc) is 2.15. The fraction of sp³-hybridized carbons (Fsp3) is 0.400. The first-order valence-corrected chi connectivity index (χ1v) is 4.94. The van der Waals surface area contributed by atoms with E-state index in [1.807, 2.05) is 0 Å². The van der Waals surface area contributed by atoms with Crippen molar-refractivity contribution in [3.8, 4) is 0 Å². The lowest BCUT2D eigenvalue weighted by atomic mass is 10.1. The minimum Gasteiger partial charge on any atom is -0.466 e. The van der Waals surface area contributed by atoms with Crippen molar-refractivity contribution in [1.29, 1.82) is 0 Å². The van der Waals surface area contributed by atoms with E-state index in [4.69, 9.17) is 11.5 Å². The lowest BCUT2D eigenvalue weighted by Crippen LogP contribution is -2.13. The SMILES string of the molecule is CCOC(=O)Cc1nc(N)cc(N)c1C(F)F. The first-order valence-electron chi connectivity index (χ1n) is 4.94. The summed E-state index contributed by atoms with van der Waals surface area (Å²) in [6, 6.07) is 1.14. The van der Waals surface area contributed by atoms with E-state index in [1.54, 1.807) is 6.92 Å². The van der Waals surface area contributed by atoms with Gasteiger partial charge in [-0.1, -0.05) is 0 Å². The van der Waals surface area contributed by atoms with Crippen molar-refractivity contribution < 1.29 is 18.3 Å². The summed E-state index contributed by atoms with van der Waals surface area (Å²) in [6.45, 7) is 1.79. The largest absolute Gasteiger partial charge is 0.466 e. The molecule has 4 N–H and O–H groups in total. The molecule has 0 bridgehead atoms. The van der Waals surface area contributed by atoms with Crippen LogP contribution in [0.25, 0.3) is 0 Å². The summed E-state index contributed by atoms with van der Waals surface area (Å²) in [5.74, 6) is -0.655. The lowest BCUT2D eigenvalue weighted by Gasteiger charge is -2.11. The third-order valence-electron chi connectivity index (χ3n) is 2.02. The molecule has 1 aromatic heterocycles. The van der Waals surface area contributed by atoms with Crippen LogP contribution in [0.15, 0.2) is 6.07 Å². The summed E-state index contributed by atoms with van der Waals surface area (Å²) in [5.41, 5.74) is 10.0. The van der Waals surface area contributed by atoms with Crippen LogP contribution in [0.4, 0.5) is 20.3 Å². The Hall–Kier alpha value is -1.92. The highest BCUT2D eigenvalue weighted by Crippen LogP contribution is 2.29. The predicted molar refractivity (Wildman–Crippen MR) is 58.4 cm³/mol. The number of rotatable bonds is 4.